The first-order valence-electron chi connectivity index (χ1n) is 6.41. The molecule has 0 bridgehead atoms. The van der Waals surface area contributed by atoms with Crippen molar-refractivity contribution in [2.24, 2.45) is 0 Å². The quantitative estimate of drug-likeness (QED) is 0.623. The summed E-state index contributed by atoms with van der Waals surface area (Å²) in [5.41, 5.74) is 0.543. The molecule has 1 aliphatic rings. The zero-order valence-electron chi connectivity index (χ0n) is 11.4. The number of imidazole rings is 1. The van der Waals surface area contributed by atoms with Crippen LogP contribution in [0.4, 0.5) is 0 Å². The van der Waals surface area contributed by atoms with Crippen LogP contribution in [0, 0.1) is 11.3 Å². The third-order valence-electron chi connectivity index (χ3n) is 3.13. The predicted molar refractivity (Wildman–Crippen MR) is 75.9 cm³/mol. The van der Waals surface area contributed by atoms with Gasteiger partial charge in [-0.3, -0.25) is 4.79 Å². The summed E-state index contributed by atoms with van der Waals surface area (Å²) in [6.07, 6.45) is 4.46. The van der Waals surface area contributed by atoms with E-state index >= 15 is 0 Å². The van der Waals surface area contributed by atoms with Crippen LogP contribution in [0.1, 0.15) is 19.0 Å². The number of hydrogen-bond donors (Lipinski definition) is 2. The number of H-pyrrole nitrogens is 1. The second-order valence-electron chi connectivity index (χ2n) is 4.40. The number of carbonyl (C=O) groups excluding carboxylic acids is 1. The van der Waals surface area contributed by atoms with Crippen LogP contribution in [-0.4, -0.2) is 43.6 Å². The molecule has 1 amide bonds. The molecule has 1 atom stereocenters. The molecule has 2 heterocycles. The van der Waals surface area contributed by atoms with Gasteiger partial charge in [0.05, 0.1) is 11.6 Å². The fraction of sp³-hybridized carbons (Fsp3) is 0.385. The molecule has 0 saturated carbocycles. The van der Waals surface area contributed by atoms with Crippen molar-refractivity contribution in [3.05, 3.63) is 28.8 Å². The van der Waals surface area contributed by atoms with Gasteiger partial charge in [0.1, 0.15) is 11.1 Å². The first-order chi connectivity index (χ1) is 10.1. The molecule has 1 aromatic rings. The van der Waals surface area contributed by atoms with Gasteiger partial charge in [-0.15, -0.1) is 0 Å². The molecule has 0 aromatic carbocycles. The Morgan fingerprint density at radius 3 is 2.95 bits per heavy atom. The van der Waals surface area contributed by atoms with E-state index in [0.29, 0.717) is 19.4 Å². The number of thioether (sulfide) groups is 1. The highest BCUT2D eigenvalue weighted by atomic mass is 32.2. The normalized spacial score (nSPS) is 20.5. The summed E-state index contributed by atoms with van der Waals surface area (Å²) >= 11 is 1.15. The maximum Gasteiger partial charge on any atom is 0.349 e. The third-order valence-corrected chi connectivity index (χ3v) is 4.50. The Hall–Kier alpha value is -2.27. The lowest BCUT2D eigenvalue weighted by molar-refractivity contribution is -0.132. The number of aryl methyl sites for hydroxylation is 1. The average Bonchev–Trinajstić information content (AvgIpc) is 3.05. The second kappa shape index (κ2) is 6.45. The van der Waals surface area contributed by atoms with E-state index in [1.54, 1.807) is 25.5 Å². The summed E-state index contributed by atoms with van der Waals surface area (Å²) in [4.78, 5) is 31.6. The summed E-state index contributed by atoms with van der Waals surface area (Å²) in [5, 5.41) is 17.9. The number of aromatic nitrogens is 2. The molecule has 21 heavy (non-hydrogen) atoms. The molecule has 110 valence electrons. The van der Waals surface area contributed by atoms with E-state index in [-0.39, 0.29) is 21.8 Å². The number of aliphatic carboxylic acids is 1. The van der Waals surface area contributed by atoms with Gasteiger partial charge in [0.25, 0.3) is 0 Å². The predicted octanol–water partition coefficient (Wildman–Crippen LogP) is 1.13. The molecule has 0 radical (unpaired) electrons. The molecule has 1 aromatic heterocycles. The fourth-order valence-corrected chi connectivity index (χ4v) is 3.42. The summed E-state index contributed by atoms with van der Waals surface area (Å²) in [6, 6.07) is 1.67. The molecule has 1 unspecified atom stereocenters. The van der Waals surface area contributed by atoms with Gasteiger partial charge in [0.15, 0.2) is 5.57 Å². The molecule has 2 rings (SSSR count). The van der Waals surface area contributed by atoms with Crippen LogP contribution >= 0.6 is 11.8 Å². The Balaban J connectivity index is 2.18. The molecular formula is C13H14N4O3S. The number of nitrogens with one attached hydrogen (secondary N) is 1. The van der Waals surface area contributed by atoms with Crippen molar-refractivity contribution in [3.63, 3.8) is 0 Å². The van der Waals surface area contributed by atoms with Crippen molar-refractivity contribution in [1.29, 1.82) is 5.26 Å². The molecule has 0 spiro atoms. The van der Waals surface area contributed by atoms with E-state index in [0.717, 1.165) is 17.5 Å². The summed E-state index contributed by atoms with van der Waals surface area (Å²) in [6.45, 7) is 2.10. The minimum Gasteiger partial charge on any atom is -0.477 e. The summed E-state index contributed by atoms with van der Waals surface area (Å²) < 4.78 is 0. The van der Waals surface area contributed by atoms with Crippen LogP contribution in [0.2, 0.25) is 0 Å². The van der Waals surface area contributed by atoms with Crippen molar-refractivity contribution in [3.8, 4) is 6.07 Å². The lowest BCUT2D eigenvalue weighted by Crippen LogP contribution is -2.29. The van der Waals surface area contributed by atoms with Gasteiger partial charge in [0.2, 0.25) is 5.91 Å². The average molecular weight is 306 g/mol. The first-order valence-corrected chi connectivity index (χ1v) is 7.29. The number of aromatic amines is 1. The number of carbonyl (C=O) groups is 2. The van der Waals surface area contributed by atoms with Crippen LogP contribution in [0.25, 0.3) is 0 Å². The molecule has 7 nitrogen and oxygen atoms in total. The Kier molecular flexibility index (Phi) is 4.65. The second-order valence-corrected chi connectivity index (χ2v) is 5.59. The van der Waals surface area contributed by atoms with Crippen LogP contribution in [0.5, 0.6) is 0 Å². The van der Waals surface area contributed by atoms with E-state index in [9.17, 15) is 9.59 Å². The smallest absolute Gasteiger partial charge is 0.349 e. The van der Waals surface area contributed by atoms with Crippen LogP contribution in [0.3, 0.4) is 0 Å². The van der Waals surface area contributed by atoms with Gasteiger partial charge in [0, 0.05) is 18.4 Å². The Morgan fingerprint density at radius 1 is 1.67 bits per heavy atom. The monoisotopic (exact) mass is 306 g/mol. The highest BCUT2D eigenvalue weighted by Gasteiger charge is 2.38. The van der Waals surface area contributed by atoms with E-state index in [4.69, 9.17) is 10.4 Å². The Labute approximate surface area is 125 Å². The van der Waals surface area contributed by atoms with Crippen molar-refractivity contribution in [2.75, 3.05) is 6.54 Å². The van der Waals surface area contributed by atoms with Crippen LogP contribution in [0.15, 0.2) is 23.1 Å². The van der Waals surface area contributed by atoms with Gasteiger partial charge in [-0.2, -0.15) is 5.26 Å². The third kappa shape index (κ3) is 3.08. The molecule has 1 saturated heterocycles. The number of hydrogen-bond acceptors (Lipinski definition) is 5. The molecule has 2 N–H and O–H groups in total. The van der Waals surface area contributed by atoms with Crippen molar-refractivity contribution in [2.45, 2.75) is 25.0 Å². The van der Waals surface area contributed by atoms with E-state index in [1.165, 1.54) is 4.90 Å². The minimum atomic E-state index is -1.31. The van der Waals surface area contributed by atoms with E-state index in [2.05, 4.69) is 9.97 Å². The van der Waals surface area contributed by atoms with Crippen LogP contribution in [-0.2, 0) is 16.0 Å². The SMILES string of the molecule is CCN1C(=O)C(CCc2cnc[nH]2)SC1=C(C#N)C(=O)O. The molecular weight excluding hydrogens is 292 g/mol. The number of amides is 1. The van der Waals surface area contributed by atoms with Gasteiger partial charge in [-0.05, 0) is 19.8 Å². The minimum absolute atomic E-state index is 0.147. The van der Waals surface area contributed by atoms with Gasteiger partial charge in [-0.1, -0.05) is 11.8 Å². The highest BCUT2D eigenvalue weighted by Crippen LogP contribution is 2.39. The zero-order chi connectivity index (χ0) is 15.4. The number of rotatable bonds is 5. The van der Waals surface area contributed by atoms with Crippen molar-refractivity contribution >= 4 is 23.6 Å². The first kappa shape index (κ1) is 15.1. The van der Waals surface area contributed by atoms with E-state index in [1.807, 2.05) is 0 Å². The lowest BCUT2D eigenvalue weighted by Gasteiger charge is -2.14. The number of carboxylic acid groups (broad SMARTS) is 1. The van der Waals surface area contributed by atoms with Gasteiger partial charge >= 0.3 is 5.97 Å². The Bertz CT molecular complexity index is 618. The van der Waals surface area contributed by atoms with Gasteiger partial charge in [-0.25, -0.2) is 9.78 Å². The Morgan fingerprint density at radius 2 is 2.43 bits per heavy atom. The lowest BCUT2D eigenvalue weighted by atomic mass is 10.2. The number of carboxylic acids is 1. The number of nitriles is 1. The largest absolute Gasteiger partial charge is 0.477 e. The standard InChI is InChI=1S/C13H14N4O3S/c1-2-17-11(18)10(4-3-8-6-15-7-16-8)21-12(17)9(5-14)13(19)20/h6-7,10H,2-4H2,1H3,(H,15,16)(H,19,20). The molecule has 0 aliphatic carbocycles. The zero-order valence-corrected chi connectivity index (χ0v) is 12.2. The molecule has 8 heteroatoms. The molecule has 1 fully saturated rings. The van der Waals surface area contributed by atoms with Crippen molar-refractivity contribution in [1.82, 2.24) is 14.9 Å². The summed E-state index contributed by atoms with van der Waals surface area (Å²) in [7, 11) is 0. The van der Waals surface area contributed by atoms with Crippen molar-refractivity contribution < 1.29 is 14.7 Å². The maximum atomic E-state index is 12.3. The van der Waals surface area contributed by atoms with Gasteiger partial charge < -0.3 is 15.0 Å². The van der Waals surface area contributed by atoms with E-state index < -0.39 is 5.97 Å². The summed E-state index contributed by atoms with van der Waals surface area (Å²) in [5.74, 6) is -1.45. The number of nitrogens with zero attached hydrogens (tertiary/aromatic N) is 3. The maximum absolute atomic E-state index is 12.3. The van der Waals surface area contributed by atoms with Crippen LogP contribution < -0.4 is 0 Å². The topological polar surface area (TPSA) is 110 Å². The molecule has 1 aliphatic heterocycles. The highest BCUT2D eigenvalue weighted by molar-refractivity contribution is 8.04. The fourth-order valence-electron chi connectivity index (χ4n) is 2.09.